The first-order valence-electron chi connectivity index (χ1n) is 8.94. The molecule has 0 atom stereocenters. The van der Waals surface area contributed by atoms with Crippen molar-refractivity contribution in [3.05, 3.63) is 57.8 Å². The van der Waals surface area contributed by atoms with E-state index >= 15 is 0 Å². The van der Waals surface area contributed by atoms with Gasteiger partial charge in [-0.1, -0.05) is 17.2 Å². The number of amides is 3. The van der Waals surface area contributed by atoms with Crippen molar-refractivity contribution in [2.75, 3.05) is 12.4 Å². The van der Waals surface area contributed by atoms with Crippen LogP contribution in [0, 0.1) is 15.9 Å². The van der Waals surface area contributed by atoms with Crippen molar-refractivity contribution in [1.82, 2.24) is 29.4 Å². The number of halogens is 1. The molecule has 2 aromatic heterocycles. The van der Waals surface area contributed by atoms with Gasteiger partial charge in [-0.3, -0.25) is 5.32 Å². The first kappa shape index (κ1) is 22.5. The minimum Gasteiger partial charge on any atom is -0.399 e. The second-order valence-electron chi connectivity index (χ2n) is 6.39. The molecule has 3 amide bonds. The Balaban J connectivity index is 1.51. The number of nitro groups is 1. The first-order valence-corrected chi connectivity index (χ1v) is 9.71. The highest BCUT2D eigenvalue weighted by Gasteiger charge is 2.25. The summed E-state index contributed by atoms with van der Waals surface area (Å²) in [7, 11) is 2.74. The Morgan fingerprint density at radius 2 is 2.19 bits per heavy atom. The molecule has 3 aromatic rings. The summed E-state index contributed by atoms with van der Waals surface area (Å²) in [5.74, 6) is -0.943. The van der Waals surface area contributed by atoms with Crippen molar-refractivity contribution >= 4 is 34.6 Å². The normalized spacial score (nSPS) is 10.5. The average Bonchev–Trinajstić information content (AvgIpc) is 3.32. The molecule has 2 N–H and O–H groups in total. The molecule has 0 unspecified atom stereocenters. The third-order valence-electron chi connectivity index (χ3n) is 3.97. The molecular weight excluding hydrogens is 447 g/mol. The molecule has 32 heavy (non-hydrogen) atoms. The van der Waals surface area contributed by atoms with Crippen LogP contribution in [0.5, 0.6) is 5.75 Å². The number of aromatic nitrogens is 4. The van der Waals surface area contributed by atoms with E-state index in [1.807, 2.05) is 0 Å². The van der Waals surface area contributed by atoms with E-state index in [1.165, 1.54) is 32.3 Å². The number of ether oxygens (including phenoxy) is 1. The van der Waals surface area contributed by atoms with Crippen LogP contribution in [0.3, 0.4) is 0 Å². The minimum absolute atomic E-state index is 0.0734. The third kappa shape index (κ3) is 5.72. The van der Waals surface area contributed by atoms with Gasteiger partial charge in [-0.15, -0.1) is 4.68 Å². The van der Waals surface area contributed by atoms with Crippen LogP contribution in [0.25, 0.3) is 0 Å². The van der Waals surface area contributed by atoms with E-state index in [9.17, 15) is 24.1 Å². The smallest absolute Gasteiger partial charge is 0.399 e. The molecule has 0 aliphatic heterocycles. The average molecular weight is 464 g/mol. The van der Waals surface area contributed by atoms with Crippen molar-refractivity contribution in [1.29, 1.82) is 0 Å². The summed E-state index contributed by atoms with van der Waals surface area (Å²) in [6.45, 7) is 0.0420. The van der Waals surface area contributed by atoms with Crippen molar-refractivity contribution in [3.63, 3.8) is 0 Å². The molecule has 168 valence electrons. The predicted octanol–water partition coefficient (Wildman–Crippen LogP) is 2.27. The zero-order valence-electron chi connectivity index (χ0n) is 16.8. The van der Waals surface area contributed by atoms with Crippen LogP contribution in [0.15, 0.2) is 30.5 Å². The van der Waals surface area contributed by atoms with Crippen molar-refractivity contribution in [2.24, 2.45) is 7.05 Å². The molecule has 0 bridgehead atoms. The van der Waals surface area contributed by atoms with Gasteiger partial charge in [0, 0.05) is 25.1 Å². The first-order chi connectivity index (χ1) is 15.2. The van der Waals surface area contributed by atoms with Crippen molar-refractivity contribution in [2.45, 2.75) is 13.1 Å². The lowest BCUT2D eigenvalue weighted by Crippen LogP contribution is -2.30. The summed E-state index contributed by atoms with van der Waals surface area (Å²) in [6.07, 6.45) is 0.188. The number of urea groups is 1. The van der Waals surface area contributed by atoms with E-state index in [1.54, 1.807) is 6.07 Å². The largest absolute Gasteiger partial charge is 0.415 e. The molecule has 13 nitrogen and oxygen atoms in total. The second kappa shape index (κ2) is 9.78. The highest BCUT2D eigenvalue weighted by molar-refractivity contribution is 7.09. The van der Waals surface area contributed by atoms with E-state index in [0.717, 1.165) is 27.3 Å². The Hall–Kier alpha value is -4.14. The summed E-state index contributed by atoms with van der Waals surface area (Å²) in [5.41, 5.74) is 0.590. The van der Waals surface area contributed by atoms with Gasteiger partial charge < -0.3 is 25.1 Å². The molecular formula is C17H17FN8O5S. The Bertz CT molecular complexity index is 1150. The minimum atomic E-state index is -0.877. The van der Waals surface area contributed by atoms with Gasteiger partial charge in [-0.25, -0.2) is 19.0 Å². The molecule has 0 radical (unpaired) electrons. The van der Waals surface area contributed by atoms with Crippen LogP contribution >= 0.6 is 11.5 Å². The van der Waals surface area contributed by atoms with Crippen LogP contribution in [0.1, 0.15) is 11.4 Å². The molecule has 0 spiro atoms. The quantitative estimate of drug-likeness (QED) is 0.398. The number of carbonyl (C=O) groups excluding carboxylic acids is 2. The summed E-state index contributed by atoms with van der Waals surface area (Å²) in [6, 6.07) is 5.25. The Morgan fingerprint density at radius 3 is 2.91 bits per heavy atom. The zero-order valence-corrected chi connectivity index (χ0v) is 17.6. The van der Waals surface area contributed by atoms with E-state index in [2.05, 4.69) is 25.1 Å². The van der Waals surface area contributed by atoms with E-state index in [-0.39, 0.29) is 29.8 Å². The van der Waals surface area contributed by atoms with E-state index in [0.29, 0.717) is 5.56 Å². The number of aryl methyl sites for hydroxylation is 1. The molecule has 0 fully saturated rings. The maximum absolute atomic E-state index is 13.2. The number of anilines is 1. The fraction of sp³-hybridized carbons (Fsp3) is 0.235. The molecule has 0 saturated heterocycles. The van der Waals surface area contributed by atoms with Gasteiger partial charge in [0.2, 0.25) is 10.9 Å². The number of benzene rings is 1. The van der Waals surface area contributed by atoms with Crippen LogP contribution in [-0.2, 0) is 20.1 Å². The van der Waals surface area contributed by atoms with Gasteiger partial charge >= 0.3 is 17.9 Å². The van der Waals surface area contributed by atoms with Crippen LogP contribution in [0.4, 0.5) is 24.9 Å². The number of carbonyl (C=O) groups is 2. The Morgan fingerprint density at radius 1 is 1.41 bits per heavy atom. The SMILES string of the molecule is CN(Cc1nsc(NC(=O)NCc2cccc(F)c2)n1)C(=O)Oc1cnn(C)c1[N+](=O)[O-]. The lowest BCUT2D eigenvalue weighted by atomic mass is 10.2. The monoisotopic (exact) mass is 464 g/mol. The van der Waals surface area contributed by atoms with Gasteiger partial charge in [-0.05, 0) is 22.6 Å². The maximum Gasteiger partial charge on any atom is 0.415 e. The summed E-state index contributed by atoms with van der Waals surface area (Å²) < 4.78 is 23.2. The van der Waals surface area contributed by atoms with Crippen LogP contribution in [0.2, 0.25) is 0 Å². The number of hydrogen-bond acceptors (Lipinski definition) is 9. The topological polar surface area (TPSA) is 157 Å². The third-order valence-corrected chi connectivity index (χ3v) is 4.63. The summed E-state index contributed by atoms with van der Waals surface area (Å²) in [4.78, 5) is 39.7. The molecule has 2 heterocycles. The van der Waals surface area contributed by atoms with E-state index < -0.39 is 28.7 Å². The summed E-state index contributed by atoms with van der Waals surface area (Å²) in [5, 5.41) is 20.0. The van der Waals surface area contributed by atoms with Gasteiger partial charge in [0.15, 0.2) is 5.82 Å². The summed E-state index contributed by atoms with van der Waals surface area (Å²) >= 11 is 0.895. The molecule has 3 rings (SSSR count). The van der Waals surface area contributed by atoms with Crippen molar-refractivity contribution in [3.8, 4) is 5.75 Å². The van der Waals surface area contributed by atoms with Gasteiger partial charge in [0.05, 0.1) is 6.54 Å². The standard InChI is InChI=1S/C17H17FN8O5S/c1-24(17(28)31-12-8-20-25(2)14(12)26(29)30)9-13-21-16(32-23-13)22-15(27)19-7-10-4-3-5-11(18)6-10/h3-6,8H,7,9H2,1-2H3,(H2,19,21,22,23,27). The number of rotatable bonds is 7. The highest BCUT2D eigenvalue weighted by atomic mass is 32.1. The molecule has 0 aliphatic rings. The number of hydrogen-bond donors (Lipinski definition) is 2. The maximum atomic E-state index is 13.2. The van der Waals surface area contributed by atoms with Gasteiger partial charge in [0.1, 0.15) is 19.1 Å². The van der Waals surface area contributed by atoms with Crippen molar-refractivity contribution < 1.29 is 23.6 Å². The number of nitrogens with one attached hydrogen (secondary N) is 2. The van der Waals surface area contributed by atoms with E-state index in [4.69, 9.17) is 4.74 Å². The second-order valence-corrected chi connectivity index (χ2v) is 7.14. The van der Waals surface area contributed by atoms with Crippen LogP contribution in [-0.4, -0.2) is 48.1 Å². The lowest BCUT2D eigenvalue weighted by molar-refractivity contribution is -0.393. The Kier molecular flexibility index (Phi) is 6.89. The Labute approximate surface area is 184 Å². The molecule has 15 heteroatoms. The molecule has 0 aliphatic carbocycles. The number of nitrogens with zero attached hydrogens (tertiary/aromatic N) is 6. The fourth-order valence-electron chi connectivity index (χ4n) is 2.48. The predicted molar refractivity (Wildman–Crippen MR) is 110 cm³/mol. The lowest BCUT2D eigenvalue weighted by Gasteiger charge is -2.13. The molecule has 0 saturated carbocycles. The molecule has 1 aromatic carbocycles. The van der Waals surface area contributed by atoms with Gasteiger partial charge in [0.25, 0.3) is 0 Å². The zero-order chi connectivity index (χ0) is 23.3. The van der Waals surface area contributed by atoms with Gasteiger partial charge in [-0.2, -0.15) is 4.37 Å². The fourth-order valence-corrected chi connectivity index (χ4v) is 3.05. The van der Waals surface area contributed by atoms with Crippen LogP contribution < -0.4 is 15.4 Å². The highest BCUT2D eigenvalue weighted by Crippen LogP contribution is 2.25.